The molecule has 0 radical (unpaired) electrons. The summed E-state index contributed by atoms with van der Waals surface area (Å²) < 4.78 is 7.62. The third-order valence-electron chi connectivity index (χ3n) is 5.10. The number of nitrogens with two attached hydrogens (primary N) is 1. The molecule has 2 N–H and O–H groups in total. The lowest BCUT2D eigenvalue weighted by Crippen LogP contribution is -2.60. The van der Waals surface area contributed by atoms with Gasteiger partial charge in [0, 0.05) is 12.6 Å². The van der Waals surface area contributed by atoms with Crippen LogP contribution >= 0.6 is 0 Å². The minimum atomic E-state index is -0.0528. The Morgan fingerprint density at radius 3 is 2.63 bits per heavy atom. The number of hydrogen-bond donors (Lipinski definition) is 1. The van der Waals surface area contributed by atoms with Gasteiger partial charge in [0.15, 0.2) is 0 Å². The summed E-state index contributed by atoms with van der Waals surface area (Å²) in [7, 11) is 2.05. The Bertz CT molecular complexity index is 665. The quantitative estimate of drug-likeness (QED) is 0.890. The summed E-state index contributed by atoms with van der Waals surface area (Å²) in [6.45, 7) is 3.54. The molecule has 0 atom stereocenters. The van der Waals surface area contributed by atoms with Gasteiger partial charge in [0.05, 0.1) is 29.7 Å². The van der Waals surface area contributed by atoms with Crippen LogP contribution in [0.15, 0.2) is 18.2 Å². The zero-order chi connectivity index (χ0) is 13.3. The van der Waals surface area contributed by atoms with Crippen LogP contribution in [-0.2, 0) is 17.2 Å². The van der Waals surface area contributed by atoms with Crippen LogP contribution in [0.5, 0.6) is 0 Å². The third-order valence-corrected chi connectivity index (χ3v) is 5.10. The largest absolute Gasteiger partial charge is 0.379 e. The number of ether oxygens (including phenoxy) is 1. The predicted molar refractivity (Wildman–Crippen MR) is 74.1 cm³/mol. The van der Waals surface area contributed by atoms with Crippen LogP contribution in [0.1, 0.15) is 24.2 Å². The molecule has 100 valence electrons. The van der Waals surface area contributed by atoms with Gasteiger partial charge in [0.25, 0.3) is 0 Å². The standard InChI is InChI=1S/C15H19N3O/c1-10-17-12-7-11(3-4-13(12)18(10)2)14(8-19-9-14)15(16)5-6-15/h3-4,7H,5-6,8-9,16H2,1-2H3. The molecule has 0 unspecified atom stereocenters. The molecule has 0 bridgehead atoms. The summed E-state index contributed by atoms with van der Waals surface area (Å²) in [5.74, 6) is 1.04. The molecule has 1 saturated carbocycles. The van der Waals surface area contributed by atoms with Gasteiger partial charge in [-0.25, -0.2) is 4.98 Å². The molecule has 2 fully saturated rings. The highest BCUT2D eigenvalue weighted by Crippen LogP contribution is 2.53. The van der Waals surface area contributed by atoms with Crippen molar-refractivity contribution in [1.29, 1.82) is 0 Å². The fourth-order valence-electron chi connectivity index (χ4n) is 3.28. The van der Waals surface area contributed by atoms with E-state index in [0.717, 1.165) is 37.4 Å². The van der Waals surface area contributed by atoms with Crippen molar-refractivity contribution in [2.75, 3.05) is 13.2 Å². The number of rotatable bonds is 2. The monoisotopic (exact) mass is 257 g/mol. The maximum absolute atomic E-state index is 6.49. The number of imidazole rings is 1. The van der Waals surface area contributed by atoms with E-state index in [-0.39, 0.29) is 11.0 Å². The summed E-state index contributed by atoms with van der Waals surface area (Å²) in [6, 6.07) is 6.58. The molecule has 4 heteroatoms. The summed E-state index contributed by atoms with van der Waals surface area (Å²) in [5.41, 5.74) is 10.00. The SMILES string of the molecule is Cc1nc2cc(C3(C4(N)CC4)COC3)ccc2n1C. The van der Waals surface area contributed by atoms with Crippen molar-refractivity contribution >= 4 is 11.0 Å². The number of aromatic nitrogens is 2. The van der Waals surface area contributed by atoms with Crippen LogP contribution in [0.3, 0.4) is 0 Å². The van der Waals surface area contributed by atoms with E-state index >= 15 is 0 Å². The Labute approximate surface area is 112 Å². The third kappa shape index (κ3) is 1.33. The van der Waals surface area contributed by atoms with Crippen molar-refractivity contribution in [3.63, 3.8) is 0 Å². The van der Waals surface area contributed by atoms with E-state index in [9.17, 15) is 0 Å². The van der Waals surface area contributed by atoms with Gasteiger partial charge in [0.2, 0.25) is 0 Å². The lowest BCUT2D eigenvalue weighted by molar-refractivity contribution is -0.0785. The Balaban J connectivity index is 1.87. The van der Waals surface area contributed by atoms with E-state index in [4.69, 9.17) is 10.5 Å². The first-order valence-electron chi connectivity index (χ1n) is 6.86. The molecule has 4 rings (SSSR count). The van der Waals surface area contributed by atoms with Crippen LogP contribution in [0, 0.1) is 6.92 Å². The summed E-state index contributed by atoms with van der Waals surface area (Å²) >= 11 is 0. The molecule has 1 aliphatic heterocycles. The van der Waals surface area contributed by atoms with Gasteiger partial charge in [0.1, 0.15) is 5.82 Å². The van der Waals surface area contributed by atoms with Gasteiger partial charge in [-0.3, -0.25) is 0 Å². The normalized spacial score (nSPS) is 23.3. The Morgan fingerprint density at radius 2 is 2.05 bits per heavy atom. The van der Waals surface area contributed by atoms with Gasteiger partial charge in [-0.2, -0.15) is 0 Å². The number of nitrogens with zero attached hydrogens (tertiary/aromatic N) is 2. The molecule has 1 aliphatic carbocycles. The maximum atomic E-state index is 6.49. The minimum Gasteiger partial charge on any atom is -0.379 e. The summed E-state index contributed by atoms with van der Waals surface area (Å²) in [4.78, 5) is 4.63. The van der Waals surface area contributed by atoms with E-state index < -0.39 is 0 Å². The highest BCUT2D eigenvalue weighted by atomic mass is 16.5. The number of benzene rings is 1. The minimum absolute atomic E-state index is 0.0205. The fraction of sp³-hybridized carbons (Fsp3) is 0.533. The Kier molecular flexibility index (Phi) is 2.03. The van der Waals surface area contributed by atoms with Gasteiger partial charge < -0.3 is 15.0 Å². The van der Waals surface area contributed by atoms with Crippen LogP contribution < -0.4 is 5.73 Å². The Hall–Kier alpha value is -1.39. The van der Waals surface area contributed by atoms with Gasteiger partial charge in [-0.1, -0.05) is 6.07 Å². The molecule has 1 aromatic heterocycles. The van der Waals surface area contributed by atoms with Gasteiger partial charge in [-0.05, 0) is 37.5 Å². The van der Waals surface area contributed by atoms with Gasteiger partial charge >= 0.3 is 0 Å². The topological polar surface area (TPSA) is 53.1 Å². The summed E-state index contributed by atoms with van der Waals surface area (Å²) in [6.07, 6.45) is 2.21. The van der Waals surface area contributed by atoms with E-state index in [1.807, 2.05) is 6.92 Å². The molecule has 2 aromatic rings. The van der Waals surface area contributed by atoms with Crippen LogP contribution in [0.25, 0.3) is 11.0 Å². The van der Waals surface area contributed by atoms with Gasteiger partial charge in [-0.15, -0.1) is 0 Å². The molecular weight excluding hydrogens is 238 g/mol. The average Bonchev–Trinajstić information content (AvgIpc) is 2.99. The van der Waals surface area contributed by atoms with Crippen molar-refractivity contribution in [1.82, 2.24) is 9.55 Å². The second-order valence-corrected chi connectivity index (χ2v) is 6.15. The average molecular weight is 257 g/mol. The van der Waals surface area contributed by atoms with Crippen molar-refractivity contribution in [2.45, 2.75) is 30.7 Å². The van der Waals surface area contributed by atoms with Crippen LogP contribution in [-0.4, -0.2) is 28.3 Å². The number of hydrogen-bond acceptors (Lipinski definition) is 3. The van der Waals surface area contributed by atoms with E-state index in [2.05, 4.69) is 34.8 Å². The molecule has 19 heavy (non-hydrogen) atoms. The molecular formula is C15H19N3O. The first-order valence-corrected chi connectivity index (χ1v) is 6.86. The van der Waals surface area contributed by atoms with Crippen LogP contribution in [0.4, 0.5) is 0 Å². The zero-order valence-electron chi connectivity index (χ0n) is 11.4. The second kappa shape index (κ2) is 3.38. The Morgan fingerprint density at radius 1 is 1.32 bits per heavy atom. The van der Waals surface area contributed by atoms with Crippen LogP contribution in [0.2, 0.25) is 0 Å². The first-order chi connectivity index (χ1) is 9.06. The van der Waals surface area contributed by atoms with E-state index in [0.29, 0.717) is 0 Å². The fourth-order valence-corrected chi connectivity index (χ4v) is 3.28. The number of aryl methyl sites for hydroxylation is 2. The van der Waals surface area contributed by atoms with Crippen molar-refractivity contribution in [2.24, 2.45) is 12.8 Å². The molecule has 2 aliphatic rings. The first kappa shape index (κ1) is 11.4. The number of fused-ring (bicyclic) bond motifs is 1. The van der Waals surface area contributed by atoms with E-state index in [1.54, 1.807) is 0 Å². The lowest BCUT2D eigenvalue weighted by Gasteiger charge is -2.47. The zero-order valence-corrected chi connectivity index (χ0v) is 11.4. The predicted octanol–water partition coefficient (Wildman–Crippen LogP) is 1.64. The molecule has 0 amide bonds. The maximum Gasteiger partial charge on any atom is 0.106 e. The molecule has 0 spiro atoms. The smallest absolute Gasteiger partial charge is 0.106 e. The molecule has 2 heterocycles. The lowest BCUT2D eigenvalue weighted by atomic mass is 9.70. The van der Waals surface area contributed by atoms with Crippen molar-refractivity contribution < 1.29 is 4.74 Å². The highest BCUT2D eigenvalue weighted by Gasteiger charge is 2.61. The second-order valence-electron chi connectivity index (χ2n) is 6.15. The molecule has 1 saturated heterocycles. The molecule has 4 nitrogen and oxygen atoms in total. The van der Waals surface area contributed by atoms with Crippen molar-refractivity contribution in [3.8, 4) is 0 Å². The summed E-state index contributed by atoms with van der Waals surface area (Å²) in [5, 5.41) is 0. The van der Waals surface area contributed by atoms with E-state index in [1.165, 1.54) is 11.1 Å². The van der Waals surface area contributed by atoms with Crippen molar-refractivity contribution in [3.05, 3.63) is 29.6 Å². The molecule has 1 aromatic carbocycles. The highest BCUT2D eigenvalue weighted by molar-refractivity contribution is 5.77.